The second kappa shape index (κ2) is 36.1. The maximum absolute atomic E-state index is 15.2. The fourth-order valence-electron chi connectivity index (χ4n) is 13.3. The van der Waals surface area contributed by atoms with E-state index in [1.807, 2.05) is 60.7 Å². The number of guanidine groups is 2. The zero-order valence-electron chi connectivity index (χ0n) is 57.1. The maximum Gasteiger partial charge on any atom is 0.246 e. The van der Waals surface area contributed by atoms with Gasteiger partial charge in [-0.1, -0.05) is 116 Å². The number of carbonyl (C=O) groups is 6. The molecule has 6 heterocycles. The van der Waals surface area contributed by atoms with Crippen LogP contribution >= 0.6 is 0 Å². The number of nitrogens with zero attached hydrogens (tertiary/aromatic N) is 3. The van der Waals surface area contributed by atoms with Gasteiger partial charge in [-0.25, -0.2) is 0 Å². The molecule has 0 spiro atoms. The molecule has 6 aliphatic rings. The molecule has 0 aliphatic carbocycles. The summed E-state index contributed by atoms with van der Waals surface area (Å²) in [6.45, 7) is -4.01. The van der Waals surface area contributed by atoms with Crippen molar-refractivity contribution in [1.82, 2.24) is 42.1 Å². The van der Waals surface area contributed by atoms with Crippen molar-refractivity contribution < 1.29 is 124 Å². The third-order valence-electron chi connectivity index (χ3n) is 19.2. The molecule has 6 aliphatic heterocycles. The second-order valence-corrected chi connectivity index (χ2v) is 26.2. The second-order valence-electron chi connectivity index (χ2n) is 26.2. The number of benzene rings is 4. The van der Waals surface area contributed by atoms with Crippen molar-refractivity contribution in [2.45, 2.75) is 166 Å². The monoisotopic (exact) mass is 1490 g/mol. The molecule has 576 valence electrons. The lowest BCUT2D eigenvalue weighted by Crippen LogP contribution is -2.70. The lowest BCUT2D eigenvalue weighted by molar-refractivity contribution is -0.354. The topological polar surface area (TPSA) is 585 Å². The van der Waals surface area contributed by atoms with Gasteiger partial charge in [0, 0.05) is 12.3 Å². The maximum atomic E-state index is 15.2. The summed E-state index contributed by atoms with van der Waals surface area (Å²) in [6, 6.07) is 19.7. The van der Waals surface area contributed by atoms with Crippen LogP contribution in [0.2, 0.25) is 0 Å². The van der Waals surface area contributed by atoms with Crippen LogP contribution in [0.5, 0.6) is 5.75 Å². The SMILES string of the molecule is CC(c1ccccc1)[C@@H]1NC(=O)CNC(=O)[C@H](CO)NC(=O)[C@@H](C(O)C2CN=C(N)N2[C@H]2O[C@H](CO)[C@@H](O)[C@H](O)[C@@H]2O)NC(=O)[C@H](C(O)C2CN=C(N)N2)NC(=O)[C@@H](Cc2ccc(O[C@H]3O[C@H](CO)[C@@H](O[C@H]4O[C@H](CO)[C@@H](OCC=C(c5ccccc5)c5ccccc5)[C@H](O)[C@@H]4O)[C@H](O)[C@@H]3O)cc2)NC1=O. The van der Waals surface area contributed by atoms with E-state index in [1.54, 1.807) is 43.3 Å². The zero-order valence-corrected chi connectivity index (χ0v) is 57.1. The van der Waals surface area contributed by atoms with E-state index in [2.05, 4.69) is 47.2 Å². The summed E-state index contributed by atoms with van der Waals surface area (Å²) >= 11 is 0. The summed E-state index contributed by atoms with van der Waals surface area (Å²) in [4.78, 5) is 96.7. The van der Waals surface area contributed by atoms with Crippen molar-refractivity contribution in [2.75, 3.05) is 52.7 Å². The molecule has 0 radical (unpaired) electrons. The predicted octanol–water partition coefficient (Wildman–Crippen LogP) is -9.45. The zero-order chi connectivity index (χ0) is 76.2. The Hall–Kier alpha value is -8.94. The molecule has 0 aromatic heterocycles. The smallest absolute Gasteiger partial charge is 0.246 e. The van der Waals surface area contributed by atoms with Crippen LogP contribution in [0.25, 0.3) is 5.57 Å². The highest BCUT2D eigenvalue weighted by molar-refractivity contribution is 5.98. The van der Waals surface area contributed by atoms with Crippen molar-refractivity contribution in [1.29, 1.82) is 0 Å². The Morgan fingerprint density at radius 2 is 1.11 bits per heavy atom. The first-order valence-electron chi connectivity index (χ1n) is 34.2. The first-order valence-corrected chi connectivity index (χ1v) is 34.2. The molecule has 4 saturated heterocycles. The number of hydrogen-bond acceptors (Lipinski definition) is 31. The molecule has 4 fully saturated rings. The quantitative estimate of drug-likeness (QED) is 0.0347. The average molecular weight is 1490 g/mol. The van der Waals surface area contributed by atoms with Gasteiger partial charge < -0.3 is 148 Å². The molecular weight excluding hydrogens is 1400 g/mol. The summed E-state index contributed by atoms with van der Waals surface area (Å²) in [5, 5.41) is 162. The number of nitrogens with one attached hydrogen (secondary N) is 7. The number of aliphatic hydroxyl groups excluding tert-OH is 13. The normalized spacial score (nSPS) is 33.8. The molecule has 24 N–H and O–H groups in total. The Labute approximate surface area is 605 Å². The third-order valence-corrected chi connectivity index (χ3v) is 19.2. The van der Waals surface area contributed by atoms with Crippen molar-refractivity contribution in [3.05, 3.63) is 144 Å². The van der Waals surface area contributed by atoms with Crippen LogP contribution in [0, 0.1) is 0 Å². The molecule has 4 aromatic rings. The van der Waals surface area contributed by atoms with Gasteiger partial charge >= 0.3 is 0 Å². The predicted molar refractivity (Wildman–Crippen MR) is 367 cm³/mol. The highest BCUT2D eigenvalue weighted by Gasteiger charge is 2.54. The molecule has 25 atom stereocenters. The highest BCUT2D eigenvalue weighted by atomic mass is 16.7. The average Bonchev–Trinajstić information content (AvgIpc) is 1.41. The van der Waals surface area contributed by atoms with Gasteiger partial charge in [0.1, 0.15) is 121 Å². The van der Waals surface area contributed by atoms with E-state index in [1.165, 1.54) is 24.3 Å². The van der Waals surface area contributed by atoms with Crippen LogP contribution in [-0.4, -0.2) is 318 Å². The van der Waals surface area contributed by atoms with Crippen LogP contribution < -0.4 is 53.4 Å². The van der Waals surface area contributed by atoms with Crippen LogP contribution in [0.3, 0.4) is 0 Å². The van der Waals surface area contributed by atoms with Gasteiger partial charge in [0.25, 0.3) is 0 Å². The molecular formula is C69H90N12O25. The fourth-order valence-corrected chi connectivity index (χ4v) is 13.3. The van der Waals surface area contributed by atoms with Gasteiger partial charge in [-0.3, -0.25) is 38.8 Å². The largest absolute Gasteiger partial charge is 0.462 e. The number of hydrogen-bond donors (Lipinski definition) is 22. The standard InChI is InChI=1S/C69H90N12O25/c1-31(33-11-5-2-6-12-33)46-62(98)75-38(23-32-17-19-36(20-18-32)102-66-57(95)54(92)59(44(30-85)105-66)106-67-56(94)53(91)58(43(29-84)104-67)101-22-21-37(34-13-7-3-8-14-34)35-15-9-4-10-16-35)61(97)79-47(49(87)39-24-73-68(70)77-39)64(100)80-48(63(99)76-40(27-82)60(96)72-26-45(86)78-46)50(88)41-25-74-69(71)81(41)65-55(93)52(90)51(89)42(28-83)103-65/h2-21,31,38-44,46-59,65-67,82-85,87-95H,22-30H2,1H3,(H2,71,74)(H,72,96)(H,75,98)(H,76,99)(H,78,86)(H,79,97)(H,80,100)(H3,70,73,77)/t31?,38-,39?,40+,41?,42-,43-,44-,46+,47+,48-,49?,50?,51-,52+,53-,54-,55+,56+,57+,58-,59-,65+,66+,67-/m1/s1. The van der Waals surface area contributed by atoms with E-state index in [0.29, 0.717) is 5.56 Å². The Bertz CT molecular complexity index is 3680. The molecule has 6 amide bonds. The number of nitrogens with two attached hydrogens (primary N) is 2. The molecule has 37 heteroatoms. The highest BCUT2D eigenvalue weighted by Crippen LogP contribution is 2.34. The Morgan fingerprint density at radius 1 is 0.557 bits per heavy atom. The van der Waals surface area contributed by atoms with E-state index >= 15 is 9.59 Å². The van der Waals surface area contributed by atoms with Crippen molar-refractivity contribution >= 4 is 52.9 Å². The summed E-state index contributed by atoms with van der Waals surface area (Å²) in [5.74, 6) is -9.00. The molecule has 10 rings (SSSR count). The van der Waals surface area contributed by atoms with Crippen LogP contribution in [0.15, 0.2) is 131 Å². The minimum absolute atomic E-state index is 0.0686. The van der Waals surface area contributed by atoms with Crippen molar-refractivity contribution in [2.24, 2.45) is 21.5 Å². The summed E-state index contributed by atoms with van der Waals surface area (Å²) in [5.41, 5.74) is 15.4. The summed E-state index contributed by atoms with van der Waals surface area (Å²) in [6.07, 6.45) is -29.3. The number of rotatable bonds is 22. The number of aliphatic imine (C=N–C) groups is 2. The molecule has 0 bridgehead atoms. The Kier molecular flexibility index (Phi) is 27.1. The number of carbonyl (C=O) groups excluding carboxylic acids is 6. The van der Waals surface area contributed by atoms with Gasteiger partial charge in [0.15, 0.2) is 24.4 Å². The van der Waals surface area contributed by atoms with Gasteiger partial charge in [-0.2, -0.15) is 0 Å². The van der Waals surface area contributed by atoms with Gasteiger partial charge in [-0.05, 0) is 40.0 Å². The Balaban J connectivity index is 0.889. The van der Waals surface area contributed by atoms with Crippen molar-refractivity contribution in [3.63, 3.8) is 0 Å². The lowest BCUT2D eigenvalue weighted by atomic mass is 9.92. The van der Waals surface area contributed by atoms with E-state index in [-0.39, 0.29) is 30.4 Å². The summed E-state index contributed by atoms with van der Waals surface area (Å²) < 4.78 is 35.4. The van der Waals surface area contributed by atoms with E-state index in [9.17, 15) is 85.6 Å². The first-order chi connectivity index (χ1) is 50.8. The number of ether oxygens (including phenoxy) is 6. The van der Waals surface area contributed by atoms with E-state index in [4.69, 9.17) is 39.9 Å². The van der Waals surface area contributed by atoms with Crippen molar-refractivity contribution in [3.8, 4) is 5.75 Å². The molecule has 0 saturated carbocycles. The molecule has 5 unspecified atom stereocenters. The summed E-state index contributed by atoms with van der Waals surface area (Å²) in [7, 11) is 0. The van der Waals surface area contributed by atoms with E-state index < -0.39 is 240 Å². The third kappa shape index (κ3) is 18.4. The van der Waals surface area contributed by atoms with Crippen LogP contribution in [0.4, 0.5) is 0 Å². The molecule has 4 aromatic carbocycles. The molecule has 37 nitrogen and oxygen atoms in total. The lowest BCUT2D eigenvalue weighted by Gasteiger charge is -2.46. The van der Waals surface area contributed by atoms with Crippen LogP contribution in [-0.2, 0) is 58.9 Å². The van der Waals surface area contributed by atoms with Gasteiger partial charge in [0.2, 0.25) is 41.7 Å². The minimum Gasteiger partial charge on any atom is -0.462 e. The number of aliphatic hydroxyl groups is 13. The number of amides is 6. The van der Waals surface area contributed by atoms with E-state index in [0.717, 1.165) is 21.6 Å². The van der Waals surface area contributed by atoms with Gasteiger partial charge in [-0.15, -0.1) is 0 Å². The Morgan fingerprint density at radius 3 is 1.73 bits per heavy atom. The molecule has 106 heavy (non-hydrogen) atoms. The van der Waals surface area contributed by atoms with Gasteiger partial charge in [0.05, 0.1) is 64.8 Å². The minimum atomic E-state index is -2.35. The van der Waals surface area contributed by atoms with Crippen LogP contribution in [0.1, 0.15) is 35.1 Å². The fraction of sp³-hybridized carbons (Fsp3) is 0.507. The first kappa shape index (κ1) is 79.6.